The molecule has 0 heterocycles. The van der Waals surface area contributed by atoms with E-state index in [1.54, 1.807) is 13.0 Å². The summed E-state index contributed by atoms with van der Waals surface area (Å²) in [5.41, 5.74) is 2.92. The Balaban J connectivity index is 2.37. The maximum Gasteiger partial charge on any atom is 0.335 e. The van der Waals surface area contributed by atoms with E-state index in [0.29, 0.717) is 23.6 Å². The molecule has 6 heteroatoms. The molecule has 27 heavy (non-hydrogen) atoms. The maximum absolute atomic E-state index is 12.5. The van der Waals surface area contributed by atoms with Crippen LogP contribution >= 0.6 is 0 Å². The lowest BCUT2D eigenvalue weighted by molar-refractivity contribution is -0.112. The normalized spacial score (nSPS) is 10.8. The predicted octanol–water partition coefficient (Wildman–Crippen LogP) is 3.95. The lowest BCUT2D eigenvalue weighted by atomic mass is 10.1. The van der Waals surface area contributed by atoms with Gasteiger partial charge in [-0.15, -0.1) is 0 Å². The molecule has 6 nitrogen and oxygen atoms in total. The number of anilines is 1. The minimum atomic E-state index is -1.11. The van der Waals surface area contributed by atoms with E-state index >= 15 is 0 Å². The number of aryl methyl sites for hydroxylation is 2. The van der Waals surface area contributed by atoms with Crippen molar-refractivity contribution in [1.82, 2.24) is 0 Å². The maximum atomic E-state index is 12.5. The first kappa shape index (κ1) is 19.7. The summed E-state index contributed by atoms with van der Waals surface area (Å²) in [5, 5.41) is 21.2. The van der Waals surface area contributed by atoms with Crippen molar-refractivity contribution in [3.8, 4) is 11.8 Å². The Morgan fingerprint density at radius 1 is 1.19 bits per heavy atom. The van der Waals surface area contributed by atoms with E-state index in [1.807, 2.05) is 32.0 Å². The third-order valence-corrected chi connectivity index (χ3v) is 3.99. The Morgan fingerprint density at radius 2 is 1.93 bits per heavy atom. The van der Waals surface area contributed by atoms with Crippen molar-refractivity contribution in [3.63, 3.8) is 0 Å². The Labute approximate surface area is 157 Å². The van der Waals surface area contributed by atoms with E-state index in [-0.39, 0.29) is 11.1 Å². The smallest absolute Gasteiger partial charge is 0.335 e. The molecule has 0 unspecified atom stereocenters. The van der Waals surface area contributed by atoms with Crippen LogP contribution in [0.4, 0.5) is 5.69 Å². The lowest BCUT2D eigenvalue weighted by Gasteiger charge is -2.10. The minimum Gasteiger partial charge on any atom is -0.493 e. The number of carboxylic acids is 1. The molecule has 0 aliphatic carbocycles. The summed E-state index contributed by atoms with van der Waals surface area (Å²) < 4.78 is 5.47. The van der Waals surface area contributed by atoms with Crippen molar-refractivity contribution in [3.05, 3.63) is 64.2 Å². The van der Waals surface area contributed by atoms with Crippen LogP contribution in [0.15, 0.2) is 42.0 Å². The number of hydrogen-bond acceptors (Lipinski definition) is 4. The fourth-order valence-corrected chi connectivity index (χ4v) is 2.40. The fraction of sp³-hybridized carbons (Fsp3) is 0.190. The molecular weight excluding hydrogens is 344 g/mol. The van der Waals surface area contributed by atoms with Gasteiger partial charge >= 0.3 is 5.97 Å². The van der Waals surface area contributed by atoms with Gasteiger partial charge < -0.3 is 15.2 Å². The Kier molecular flexibility index (Phi) is 6.34. The standard InChI is InChI=1S/C21H20N2O4/c1-4-27-19-8-6-15(21(25)26)10-16(19)11-17(12-22)20(24)23-18-7-5-13(2)14(3)9-18/h5-11H,4H2,1-3H3,(H,23,24)(H,25,26)/b17-11+. The van der Waals surface area contributed by atoms with E-state index < -0.39 is 11.9 Å². The van der Waals surface area contributed by atoms with Crippen LogP contribution in [0.5, 0.6) is 5.75 Å². The number of nitrogens with zero attached hydrogens (tertiary/aromatic N) is 1. The van der Waals surface area contributed by atoms with E-state index in [2.05, 4.69) is 5.32 Å². The molecule has 0 aromatic heterocycles. The second kappa shape index (κ2) is 8.68. The largest absolute Gasteiger partial charge is 0.493 e. The Morgan fingerprint density at radius 3 is 2.52 bits per heavy atom. The second-order valence-electron chi connectivity index (χ2n) is 5.91. The summed E-state index contributed by atoms with van der Waals surface area (Å²) in [5.74, 6) is -1.29. The van der Waals surface area contributed by atoms with Crippen molar-refractivity contribution in [1.29, 1.82) is 5.26 Å². The van der Waals surface area contributed by atoms with Gasteiger partial charge in [0.2, 0.25) is 0 Å². The first-order valence-electron chi connectivity index (χ1n) is 8.36. The molecule has 2 N–H and O–H groups in total. The quantitative estimate of drug-likeness (QED) is 0.597. The van der Waals surface area contributed by atoms with Gasteiger partial charge in [-0.3, -0.25) is 4.79 Å². The van der Waals surface area contributed by atoms with Crippen LogP contribution in [0.3, 0.4) is 0 Å². The number of nitriles is 1. The molecule has 0 bridgehead atoms. The molecule has 2 aromatic carbocycles. The highest BCUT2D eigenvalue weighted by atomic mass is 16.5. The summed E-state index contributed by atoms with van der Waals surface area (Å²) in [6.45, 7) is 6.05. The van der Waals surface area contributed by atoms with Crippen LogP contribution in [0.2, 0.25) is 0 Å². The number of aromatic carboxylic acids is 1. The van der Waals surface area contributed by atoms with Crippen molar-refractivity contribution in [2.24, 2.45) is 0 Å². The van der Waals surface area contributed by atoms with Gasteiger partial charge in [0.15, 0.2) is 0 Å². The van der Waals surface area contributed by atoms with Crippen LogP contribution in [0.25, 0.3) is 6.08 Å². The highest BCUT2D eigenvalue weighted by Gasteiger charge is 2.14. The van der Waals surface area contributed by atoms with Crippen molar-refractivity contribution in [2.75, 3.05) is 11.9 Å². The number of ether oxygens (including phenoxy) is 1. The van der Waals surface area contributed by atoms with E-state index in [0.717, 1.165) is 11.1 Å². The number of rotatable bonds is 6. The monoisotopic (exact) mass is 364 g/mol. The molecule has 0 fully saturated rings. The zero-order chi connectivity index (χ0) is 20.0. The summed E-state index contributed by atoms with van der Waals surface area (Å²) >= 11 is 0. The van der Waals surface area contributed by atoms with Crippen LogP contribution in [-0.4, -0.2) is 23.6 Å². The Hall–Kier alpha value is -3.59. The zero-order valence-electron chi connectivity index (χ0n) is 15.4. The average Bonchev–Trinajstić information content (AvgIpc) is 2.63. The summed E-state index contributed by atoms with van der Waals surface area (Å²) in [6.07, 6.45) is 1.33. The average molecular weight is 364 g/mol. The van der Waals surface area contributed by atoms with E-state index in [4.69, 9.17) is 9.84 Å². The second-order valence-corrected chi connectivity index (χ2v) is 5.91. The van der Waals surface area contributed by atoms with Gasteiger partial charge in [0.25, 0.3) is 5.91 Å². The summed E-state index contributed by atoms with van der Waals surface area (Å²) in [7, 11) is 0. The van der Waals surface area contributed by atoms with Gasteiger partial charge in [-0.05, 0) is 68.3 Å². The first-order valence-corrected chi connectivity index (χ1v) is 8.36. The molecule has 2 aromatic rings. The van der Waals surface area contributed by atoms with Gasteiger partial charge in [0, 0.05) is 11.3 Å². The molecule has 0 spiro atoms. The van der Waals surface area contributed by atoms with Crippen molar-refractivity contribution in [2.45, 2.75) is 20.8 Å². The van der Waals surface area contributed by atoms with Crippen LogP contribution in [0, 0.1) is 25.2 Å². The molecule has 0 radical (unpaired) electrons. The third kappa shape index (κ3) is 4.95. The number of benzene rings is 2. The van der Waals surface area contributed by atoms with Gasteiger partial charge in [-0.1, -0.05) is 6.07 Å². The van der Waals surface area contributed by atoms with Gasteiger partial charge in [0.1, 0.15) is 17.4 Å². The van der Waals surface area contributed by atoms with Gasteiger partial charge in [0.05, 0.1) is 12.2 Å². The highest BCUT2D eigenvalue weighted by Crippen LogP contribution is 2.24. The SMILES string of the molecule is CCOc1ccc(C(=O)O)cc1/C=C(\C#N)C(=O)Nc1ccc(C)c(C)c1. The molecule has 0 aliphatic rings. The summed E-state index contributed by atoms with van der Waals surface area (Å²) in [6, 6.07) is 11.6. The molecule has 0 aliphatic heterocycles. The number of carbonyl (C=O) groups excluding carboxylic acids is 1. The number of carboxylic acid groups (broad SMARTS) is 1. The molecule has 2 rings (SSSR count). The van der Waals surface area contributed by atoms with Crippen LogP contribution in [-0.2, 0) is 4.79 Å². The predicted molar refractivity (Wildman–Crippen MR) is 103 cm³/mol. The van der Waals surface area contributed by atoms with Crippen LogP contribution < -0.4 is 10.1 Å². The fourth-order valence-electron chi connectivity index (χ4n) is 2.40. The first-order chi connectivity index (χ1) is 12.8. The summed E-state index contributed by atoms with van der Waals surface area (Å²) in [4.78, 5) is 23.7. The third-order valence-electron chi connectivity index (χ3n) is 3.99. The molecule has 0 atom stereocenters. The zero-order valence-corrected chi connectivity index (χ0v) is 15.4. The molecule has 1 amide bonds. The van der Waals surface area contributed by atoms with Crippen molar-refractivity contribution < 1.29 is 19.4 Å². The van der Waals surface area contributed by atoms with E-state index in [9.17, 15) is 14.9 Å². The minimum absolute atomic E-state index is 0.0385. The van der Waals surface area contributed by atoms with Crippen molar-refractivity contribution >= 4 is 23.6 Å². The topological polar surface area (TPSA) is 99.4 Å². The Bertz CT molecular complexity index is 955. The molecular formula is C21H20N2O4. The van der Waals surface area contributed by atoms with Gasteiger partial charge in [-0.25, -0.2) is 4.79 Å². The molecule has 0 saturated carbocycles. The highest BCUT2D eigenvalue weighted by molar-refractivity contribution is 6.10. The molecule has 138 valence electrons. The molecule has 0 saturated heterocycles. The van der Waals surface area contributed by atoms with Gasteiger partial charge in [-0.2, -0.15) is 5.26 Å². The number of nitrogens with one attached hydrogen (secondary N) is 1. The lowest BCUT2D eigenvalue weighted by Crippen LogP contribution is -2.13. The number of amides is 1. The van der Waals surface area contributed by atoms with E-state index in [1.165, 1.54) is 24.3 Å². The number of carbonyl (C=O) groups is 2. The number of hydrogen-bond donors (Lipinski definition) is 2. The van der Waals surface area contributed by atoms with Crippen LogP contribution in [0.1, 0.15) is 34.0 Å².